The van der Waals surface area contributed by atoms with Crippen LogP contribution in [0.5, 0.6) is 23.0 Å². The first-order valence-corrected chi connectivity index (χ1v) is 9.88. The maximum absolute atomic E-state index is 5.89. The molecule has 4 nitrogen and oxygen atoms in total. The van der Waals surface area contributed by atoms with Crippen LogP contribution in [0.4, 0.5) is 0 Å². The number of benzene rings is 4. The standard InChI is InChI=1S/C24H16B2O4/c1-2-6-22-21(5-1)27-25(28-22)19-13-9-17(10-14-19)18-11-15-20(16-12-18)26-29-23-7-3-4-8-24(23)30-26/h1-16H. The van der Waals surface area contributed by atoms with Crippen molar-refractivity contribution in [1.29, 1.82) is 0 Å². The topological polar surface area (TPSA) is 36.9 Å². The van der Waals surface area contributed by atoms with Gasteiger partial charge in [0.25, 0.3) is 0 Å². The van der Waals surface area contributed by atoms with Gasteiger partial charge in [-0.2, -0.15) is 0 Å². The van der Waals surface area contributed by atoms with Crippen molar-refractivity contribution in [2.24, 2.45) is 0 Å². The highest BCUT2D eigenvalue weighted by Gasteiger charge is 2.34. The van der Waals surface area contributed by atoms with Crippen LogP contribution < -0.4 is 29.5 Å². The Kier molecular flexibility index (Phi) is 3.94. The molecule has 0 aliphatic carbocycles. The van der Waals surface area contributed by atoms with Gasteiger partial charge >= 0.3 is 14.2 Å². The zero-order valence-electron chi connectivity index (χ0n) is 16.0. The SMILES string of the molecule is c1ccc2c(c1)OB(c1ccc(-c3ccc(B4Oc5ccccc5O4)cc3)cc1)O2. The van der Waals surface area contributed by atoms with Crippen LogP contribution in [-0.4, -0.2) is 14.2 Å². The first kappa shape index (κ1) is 17.1. The third kappa shape index (κ3) is 2.98. The number of rotatable bonds is 3. The molecule has 6 rings (SSSR count). The fourth-order valence-corrected chi connectivity index (χ4v) is 3.74. The summed E-state index contributed by atoms with van der Waals surface area (Å²) in [5.41, 5.74) is 4.21. The van der Waals surface area contributed by atoms with E-state index in [1.54, 1.807) is 0 Å². The molecule has 0 saturated carbocycles. The van der Waals surface area contributed by atoms with Crippen molar-refractivity contribution in [3.8, 4) is 34.1 Å². The van der Waals surface area contributed by atoms with Gasteiger partial charge in [-0.1, -0.05) is 72.8 Å². The van der Waals surface area contributed by atoms with Crippen molar-refractivity contribution in [1.82, 2.24) is 0 Å². The van der Waals surface area contributed by atoms with Crippen molar-refractivity contribution >= 4 is 25.2 Å². The molecule has 4 aromatic carbocycles. The lowest BCUT2D eigenvalue weighted by atomic mass is 9.77. The van der Waals surface area contributed by atoms with E-state index in [0.29, 0.717) is 0 Å². The molecule has 0 bridgehead atoms. The summed E-state index contributed by atoms with van der Waals surface area (Å²) in [5, 5.41) is 0. The largest absolute Gasteiger partial charge is 0.632 e. The Balaban J connectivity index is 1.17. The molecule has 0 N–H and O–H groups in total. The van der Waals surface area contributed by atoms with Gasteiger partial charge in [-0.25, -0.2) is 0 Å². The average molecular weight is 390 g/mol. The summed E-state index contributed by atoms with van der Waals surface area (Å²) in [5.74, 6) is 3.11. The Bertz CT molecular complexity index is 1060. The summed E-state index contributed by atoms with van der Waals surface area (Å²) in [6.45, 7) is 0. The van der Waals surface area contributed by atoms with Crippen molar-refractivity contribution in [2.45, 2.75) is 0 Å². The lowest BCUT2D eigenvalue weighted by molar-refractivity contribution is 0.518. The fraction of sp³-hybridized carbons (Fsp3) is 0. The Hall–Kier alpha value is -3.79. The van der Waals surface area contributed by atoms with Crippen LogP contribution in [0.3, 0.4) is 0 Å². The van der Waals surface area contributed by atoms with Crippen molar-refractivity contribution in [3.63, 3.8) is 0 Å². The first-order chi connectivity index (χ1) is 14.8. The van der Waals surface area contributed by atoms with Crippen molar-refractivity contribution < 1.29 is 18.6 Å². The summed E-state index contributed by atoms with van der Waals surface area (Å²) in [6, 6.07) is 31.9. The number of hydrogen-bond acceptors (Lipinski definition) is 4. The minimum atomic E-state index is -0.405. The molecule has 142 valence electrons. The number of para-hydroxylation sites is 4. The third-order valence-electron chi connectivity index (χ3n) is 5.33. The molecule has 0 unspecified atom stereocenters. The number of hydrogen-bond donors (Lipinski definition) is 0. The van der Waals surface area contributed by atoms with E-state index in [1.165, 1.54) is 0 Å². The van der Waals surface area contributed by atoms with Crippen LogP contribution in [0.2, 0.25) is 0 Å². The van der Waals surface area contributed by atoms with Crippen LogP contribution in [0.15, 0.2) is 97.1 Å². The molecule has 0 amide bonds. The Morgan fingerprint density at radius 3 is 0.967 bits per heavy atom. The van der Waals surface area contributed by atoms with E-state index in [9.17, 15) is 0 Å². The van der Waals surface area contributed by atoms with E-state index in [-0.39, 0.29) is 0 Å². The second-order valence-corrected chi connectivity index (χ2v) is 7.27. The van der Waals surface area contributed by atoms with Gasteiger partial charge in [0, 0.05) is 10.9 Å². The van der Waals surface area contributed by atoms with Gasteiger partial charge in [0.05, 0.1) is 0 Å². The predicted octanol–water partition coefficient (Wildman–Crippen LogP) is 3.69. The van der Waals surface area contributed by atoms with Crippen LogP contribution >= 0.6 is 0 Å². The molecule has 30 heavy (non-hydrogen) atoms. The van der Waals surface area contributed by atoms with E-state index in [4.69, 9.17) is 18.6 Å². The third-order valence-corrected chi connectivity index (χ3v) is 5.33. The maximum Gasteiger partial charge on any atom is 0.632 e. The van der Waals surface area contributed by atoms with E-state index in [2.05, 4.69) is 24.3 Å². The smallest absolute Gasteiger partial charge is 0.519 e. The van der Waals surface area contributed by atoms with Gasteiger partial charge in [-0.15, -0.1) is 0 Å². The highest BCUT2D eigenvalue weighted by atomic mass is 16.6. The van der Waals surface area contributed by atoms with Crippen molar-refractivity contribution in [2.75, 3.05) is 0 Å². The molecule has 6 heteroatoms. The second-order valence-electron chi connectivity index (χ2n) is 7.27. The minimum Gasteiger partial charge on any atom is -0.519 e. The van der Waals surface area contributed by atoms with Gasteiger partial charge in [-0.05, 0) is 35.4 Å². The Labute approximate surface area is 175 Å². The average Bonchev–Trinajstić information content (AvgIpc) is 3.44. The molecular formula is C24H16B2O4. The summed E-state index contributed by atoms with van der Waals surface area (Å²) in [7, 11) is -0.811. The Morgan fingerprint density at radius 1 is 0.367 bits per heavy atom. The predicted molar refractivity (Wildman–Crippen MR) is 118 cm³/mol. The van der Waals surface area contributed by atoms with Crippen LogP contribution in [-0.2, 0) is 0 Å². The van der Waals surface area contributed by atoms with Gasteiger partial charge < -0.3 is 18.6 Å². The van der Waals surface area contributed by atoms with E-state index in [1.807, 2.05) is 72.8 Å². The molecule has 4 aromatic rings. The van der Waals surface area contributed by atoms with Gasteiger partial charge in [0.15, 0.2) is 0 Å². The van der Waals surface area contributed by atoms with Crippen LogP contribution in [0.1, 0.15) is 0 Å². The van der Waals surface area contributed by atoms with E-state index in [0.717, 1.165) is 45.1 Å². The first-order valence-electron chi connectivity index (χ1n) is 9.88. The summed E-state index contributed by atoms with van der Waals surface area (Å²) in [6.07, 6.45) is 0. The van der Waals surface area contributed by atoms with Crippen LogP contribution in [0.25, 0.3) is 11.1 Å². The van der Waals surface area contributed by atoms with Gasteiger partial charge in [-0.3, -0.25) is 0 Å². The lowest BCUT2D eigenvalue weighted by Crippen LogP contribution is -2.39. The minimum absolute atomic E-state index is 0.405. The maximum atomic E-state index is 5.89. The fourth-order valence-electron chi connectivity index (χ4n) is 3.74. The lowest BCUT2D eigenvalue weighted by Gasteiger charge is -2.08. The summed E-state index contributed by atoms with van der Waals surface area (Å²) < 4.78 is 23.6. The molecule has 2 aliphatic heterocycles. The molecule has 0 saturated heterocycles. The molecule has 2 aliphatic rings. The molecule has 0 atom stereocenters. The highest BCUT2D eigenvalue weighted by molar-refractivity contribution is 6.64. The zero-order valence-corrected chi connectivity index (χ0v) is 16.0. The normalized spacial score (nSPS) is 13.6. The number of fused-ring (bicyclic) bond motifs is 2. The molecule has 0 radical (unpaired) electrons. The quantitative estimate of drug-likeness (QED) is 0.501. The summed E-state index contributed by atoms with van der Waals surface area (Å²) >= 11 is 0. The van der Waals surface area contributed by atoms with Gasteiger partial charge in [0.2, 0.25) is 0 Å². The zero-order chi connectivity index (χ0) is 19.9. The van der Waals surface area contributed by atoms with Gasteiger partial charge in [0.1, 0.15) is 23.0 Å². The molecule has 2 heterocycles. The summed E-state index contributed by atoms with van der Waals surface area (Å²) in [4.78, 5) is 0. The molecule has 0 fully saturated rings. The second kappa shape index (κ2) is 6.92. The van der Waals surface area contributed by atoms with Crippen molar-refractivity contribution in [3.05, 3.63) is 97.1 Å². The molecule has 0 spiro atoms. The van der Waals surface area contributed by atoms with Crippen LogP contribution in [0, 0.1) is 0 Å². The Morgan fingerprint density at radius 2 is 0.667 bits per heavy atom. The van der Waals surface area contributed by atoms with E-state index < -0.39 is 14.2 Å². The van der Waals surface area contributed by atoms with E-state index >= 15 is 0 Å². The highest BCUT2D eigenvalue weighted by Crippen LogP contribution is 2.33. The monoisotopic (exact) mass is 390 g/mol. The molecule has 0 aromatic heterocycles. The molecular weight excluding hydrogens is 374 g/mol.